The zero-order valence-electron chi connectivity index (χ0n) is 15.6. The summed E-state index contributed by atoms with van der Waals surface area (Å²) in [6.45, 7) is 14.4. The first-order valence-corrected chi connectivity index (χ1v) is 9.28. The van der Waals surface area contributed by atoms with Crippen LogP contribution in [0.15, 0.2) is 0 Å². The molecular weight excluding hydrogens is 256 g/mol. The average Bonchev–Trinajstić information content (AvgIpc) is 2.44. The van der Waals surface area contributed by atoms with Crippen LogP contribution in [0.3, 0.4) is 0 Å². The monoisotopic (exact) mass is 296 g/mol. The van der Waals surface area contributed by atoms with Crippen LogP contribution in [0.4, 0.5) is 0 Å². The van der Waals surface area contributed by atoms with Gasteiger partial charge < -0.3 is 9.80 Å². The molecule has 0 unspecified atom stereocenters. The van der Waals surface area contributed by atoms with E-state index in [9.17, 15) is 0 Å². The number of rotatable bonds is 5. The van der Waals surface area contributed by atoms with Crippen molar-refractivity contribution in [3.05, 3.63) is 0 Å². The van der Waals surface area contributed by atoms with Crippen molar-refractivity contribution in [2.45, 2.75) is 66.2 Å². The van der Waals surface area contributed by atoms with Gasteiger partial charge in [-0.1, -0.05) is 53.4 Å². The minimum absolute atomic E-state index is 0.749. The molecule has 126 valence electrons. The Bertz CT molecular complexity index is 255. The number of likely N-dealkylation sites (tertiary alicyclic amines) is 1. The molecule has 0 amide bonds. The Morgan fingerprint density at radius 1 is 1.10 bits per heavy atom. The lowest BCUT2D eigenvalue weighted by Crippen LogP contribution is -2.58. The molecule has 2 heteroatoms. The van der Waals surface area contributed by atoms with Crippen LogP contribution >= 0.6 is 0 Å². The lowest BCUT2D eigenvalue weighted by molar-refractivity contribution is -0.0382. The highest BCUT2D eigenvalue weighted by Crippen LogP contribution is 2.45. The minimum atomic E-state index is 0.749. The smallest absolute Gasteiger partial charge is 0.0110 e. The molecule has 1 saturated carbocycles. The van der Waals surface area contributed by atoms with E-state index in [4.69, 9.17) is 0 Å². The van der Waals surface area contributed by atoms with Crippen molar-refractivity contribution in [2.75, 3.05) is 40.3 Å². The van der Waals surface area contributed by atoms with Gasteiger partial charge in [-0.2, -0.15) is 0 Å². The molecule has 21 heavy (non-hydrogen) atoms. The zero-order chi connectivity index (χ0) is 15.9. The normalized spacial score (nSPS) is 22.3. The van der Waals surface area contributed by atoms with Crippen molar-refractivity contribution in [2.24, 2.45) is 17.3 Å². The van der Waals surface area contributed by atoms with E-state index >= 15 is 0 Å². The van der Waals surface area contributed by atoms with Crippen LogP contribution in [0.5, 0.6) is 0 Å². The fourth-order valence-corrected chi connectivity index (χ4v) is 3.38. The molecule has 2 aliphatic rings. The van der Waals surface area contributed by atoms with Crippen LogP contribution in [0.2, 0.25) is 0 Å². The van der Waals surface area contributed by atoms with Crippen molar-refractivity contribution in [3.63, 3.8) is 0 Å². The second-order valence-corrected chi connectivity index (χ2v) is 8.12. The summed E-state index contributed by atoms with van der Waals surface area (Å²) in [5, 5.41) is 0. The van der Waals surface area contributed by atoms with Crippen molar-refractivity contribution < 1.29 is 0 Å². The molecule has 0 aromatic heterocycles. The SMILES string of the molecule is CC1CCC2(CC1)CN(CCN(C)C)C2.CCC(C)CC. The van der Waals surface area contributed by atoms with Crippen LogP contribution in [-0.2, 0) is 0 Å². The molecule has 1 aliphatic carbocycles. The van der Waals surface area contributed by atoms with Crippen molar-refractivity contribution in [1.29, 1.82) is 0 Å². The first-order valence-electron chi connectivity index (χ1n) is 9.28. The molecule has 0 aromatic rings. The maximum absolute atomic E-state index is 2.63. The van der Waals surface area contributed by atoms with Crippen LogP contribution in [0.25, 0.3) is 0 Å². The van der Waals surface area contributed by atoms with E-state index in [-0.39, 0.29) is 0 Å². The number of nitrogens with zero attached hydrogens (tertiary/aromatic N) is 2. The molecule has 0 bridgehead atoms. The zero-order valence-corrected chi connectivity index (χ0v) is 15.6. The Morgan fingerprint density at radius 2 is 1.62 bits per heavy atom. The Hall–Kier alpha value is -0.0800. The number of hydrogen-bond donors (Lipinski definition) is 0. The van der Waals surface area contributed by atoms with Crippen molar-refractivity contribution in [3.8, 4) is 0 Å². The van der Waals surface area contributed by atoms with Crippen LogP contribution < -0.4 is 0 Å². The third kappa shape index (κ3) is 6.69. The van der Waals surface area contributed by atoms with Gasteiger partial charge in [0, 0.05) is 26.2 Å². The third-order valence-corrected chi connectivity index (χ3v) is 5.71. The van der Waals surface area contributed by atoms with E-state index in [0.29, 0.717) is 0 Å². The lowest BCUT2D eigenvalue weighted by Gasteiger charge is -2.53. The summed E-state index contributed by atoms with van der Waals surface area (Å²) < 4.78 is 0. The molecule has 0 N–H and O–H groups in total. The van der Waals surface area contributed by atoms with Gasteiger partial charge in [-0.15, -0.1) is 0 Å². The molecule has 0 aromatic carbocycles. The minimum Gasteiger partial charge on any atom is -0.308 e. The number of likely N-dealkylation sites (N-methyl/N-ethyl adjacent to an activating group) is 1. The first-order chi connectivity index (χ1) is 9.90. The van der Waals surface area contributed by atoms with E-state index < -0.39 is 0 Å². The van der Waals surface area contributed by atoms with E-state index in [1.165, 1.54) is 64.7 Å². The molecule has 1 spiro atoms. The van der Waals surface area contributed by atoms with Gasteiger partial charge in [0.2, 0.25) is 0 Å². The Labute approximate surface area is 134 Å². The van der Waals surface area contributed by atoms with E-state index in [0.717, 1.165) is 17.3 Å². The summed E-state index contributed by atoms with van der Waals surface area (Å²) in [7, 11) is 4.33. The summed E-state index contributed by atoms with van der Waals surface area (Å²) in [5.74, 6) is 1.93. The Morgan fingerprint density at radius 3 is 2.00 bits per heavy atom. The van der Waals surface area contributed by atoms with Crippen molar-refractivity contribution >= 4 is 0 Å². The topological polar surface area (TPSA) is 6.48 Å². The van der Waals surface area contributed by atoms with Gasteiger partial charge >= 0.3 is 0 Å². The van der Waals surface area contributed by atoms with Crippen LogP contribution in [0, 0.1) is 17.3 Å². The van der Waals surface area contributed by atoms with Crippen LogP contribution in [-0.4, -0.2) is 50.1 Å². The van der Waals surface area contributed by atoms with Crippen LogP contribution in [0.1, 0.15) is 66.2 Å². The molecule has 1 saturated heterocycles. The van der Waals surface area contributed by atoms with Gasteiger partial charge in [0.05, 0.1) is 0 Å². The maximum Gasteiger partial charge on any atom is 0.0110 e. The van der Waals surface area contributed by atoms with Crippen molar-refractivity contribution in [1.82, 2.24) is 9.80 Å². The highest BCUT2D eigenvalue weighted by molar-refractivity contribution is 4.97. The molecule has 0 radical (unpaired) electrons. The standard InChI is InChI=1S/C13H26N2.C6H14/c1-12-4-6-13(7-5-12)10-15(11-13)9-8-14(2)3;1-4-6(3)5-2/h12H,4-11H2,1-3H3;6H,4-5H2,1-3H3. The largest absolute Gasteiger partial charge is 0.308 e. The van der Waals surface area contributed by atoms with E-state index in [1.54, 1.807) is 0 Å². The molecule has 2 nitrogen and oxygen atoms in total. The second-order valence-electron chi connectivity index (χ2n) is 8.12. The lowest BCUT2D eigenvalue weighted by atomic mass is 9.66. The Balaban J connectivity index is 0.000000315. The van der Waals surface area contributed by atoms with Gasteiger partial charge in [-0.3, -0.25) is 0 Å². The highest BCUT2D eigenvalue weighted by Gasteiger charge is 2.43. The molecule has 1 heterocycles. The predicted molar refractivity (Wildman–Crippen MR) is 94.8 cm³/mol. The quantitative estimate of drug-likeness (QED) is 0.737. The third-order valence-electron chi connectivity index (χ3n) is 5.71. The highest BCUT2D eigenvalue weighted by atomic mass is 15.2. The van der Waals surface area contributed by atoms with E-state index in [1.807, 2.05) is 0 Å². The van der Waals surface area contributed by atoms with E-state index in [2.05, 4.69) is 51.6 Å². The summed E-state index contributed by atoms with van der Waals surface area (Å²) in [4.78, 5) is 4.92. The summed E-state index contributed by atoms with van der Waals surface area (Å²) >= 11 is 0. The van der Waals surface area contributed by atoms with Gasteiger partial charge in [0.25, 0.3) is 0 Å². The molecule has 2 rings (SSSR count). The Kier molecular flexibility index (Phi) is 8.26. The fourth-order valence-electron chi connectivity index (χ4n) is 3.38. The average molecular weight is 297 g/mol. The van der Waals surface area contributed by atoms with Gasteiger partial charge in [0.1, 0.15) is 0 Å². The molecule has 2 fully saturated rings. The van der Waals surface area contributed by atoms with Gasteiger partial charge in [-0.25, -0.2) is 0 Å². The molecule has 0 atom stereocenters. The van der Waals surface area contributed by atoms with Gasteiger partial charge in [-0.05, 0) is 44.2 Å². The number of hydrogen-bond acceptors (Lipinski definition) is 2. The second kappa shape index (κ2) is 9.15. The maximum atomic E-state index is 2.63. The fraction of sp³-hybridized carbons (Fsp3) is 1.00. The summed E-state index contributed by atoms with van der Waals surface area (Å²) in [6.07, 6.45) is 8.59. The summed E-state index contributed by atoms with van der Waals surface area (Å²) in [6, 6.07) is 0. The first kappa shape index (κ1) is 19.0. The molecule has 1 aliphatic heterocycles. The molecular formula is C19H40N2. The predicted octanol–water partition coefficient (Wildman–Crippen LogP) is 4.50. The van der Waals surface area contributed by atoms with Gasteiger partial charge in [0.15, 0.2) is 0 Å². The summed E-state index contributed by atoms with van der Waals surface area (Å²) in [5.41, 5.74) is 0.749.